The first-order chi connectivity index (χ1) is 10.3. The van der Waals surface area contributed by atoms with Crippen LogP contribution in [0.1, 0.15) is 18.5 Å². The molecule has 3 heterocycles. The van der Waals surface area contributed by atoms with Crippen molar-refractivity contribution in [2.75, 3.05) is 51.2 Å². The molecule has 1 aromatic heterocycles. The summed E-state index contributed by atoms with van der Waals surface area (Å²) in [6.45, 7) is 6.63. The number of nitrogens with zero attached hydrogens (tertiary/aromatic N) is 5. The van der Waals surface area contributed by atoms with Crippen LogP contribution in [-0.2, 0) is 0 Å². The van der Waals surface area contributed by atoms with Gasteiger partial charge in [0.25, 0.3) is 0 Å². The van der Waals surface area contributed by atoms with Crippen molar-refractivity contribution in [2.24, 2.45) is 0 Å². The van der Waals surface area contributed by atoms with E-state index in [9.17, 15) is 0 Å². The quantitative estimate of drug-likeness (QED) is 0.816. The first kappa shape index (κ1) is 14.3. The Labute approximate surface area is 126 Å². The highest BCUT2D eigenvalue weighted by Crippen LogP contribution is 2.19. The summed E-state index contributed by atoms with van der Waals surface area (Å²) in [5.74, 6) is 0.939. The molecular weight excluding hydrogens is 262 g/mol. The molecule has 1 aromatic rings. The molecule has 2 aliphatic heterocycles. The van der Waals surface area contributed by atoms with Gasteiger partial charge in [-0.2, -0.15) is 5.26 Å². The van der Waals surface area contributed by atoms with Crippen molar-refractivity contribution in [2.45, 2.75) is 18.9 Å². The highest BCUT2D eigenvalue weighted by atomic mass is 15.3. The van der Waals surface area contributed by atoms with Crippen LogP contribution in [0.5, 0.6) is 0 Å². The second kappa shape index (κ2) is 6.42. The van der Waals surface area contributed by atoms with E-state index in [4.69, 9.17) is 5.26 Å². The van der Waals surface area contributed by atoms with Crippen molar-refractivity contribution in [3.8, 4) is 6.07 Å². The third-order valence-electron chi connectivity index (χ3n) is 4.60. The van der Waals surface area contributed by atoms with Gasteiger partial charge in [0.15, 0.2) is 0 Å². The number of hydrogen-bond donors (Lipinski definition) is 0. The SMILES string of the molecule is CN1CCCC(N2CCN(c3cccc(C#N)n3)CC2)C1. The molecule has 0 spiro atoms. The molecule has 112 valence electrons. The van der Waals surface area contributed by atoms with Crippen LogP contribution in [0.15, 0.2) is 18.2 Å². The summed E-state index contributed by atoms with van der Waals surface area (Å²) in [5, 5.41) is 8.95. The van der Waals surface area contributed by atoms with Crippen LogP contribution >= 0.6 is 0 Å². The number of aromatic nitrogens is 1. The molecule has 0 bridgehead atoms. The van der Waals surface area contributed by atoms with Gasteiger partial charge in [-0.25, -0.2) is 4.98 Å². The van der Waals surface area contributed by atoms with Crippen LogP contribution in [0.3, 0.4) is 0 Å². The number of pyridine rings is 1. The number of piperidine rings is 1. The molecule has 2 saturated heterocycles. The first-order valence-corrected chi connectivity index (χ1v) is 7.81. The Morgan fingerprint density at radius 3 is 2.71 bits per heavy atom. The molecule has 5 heteroatoms. The van der Waals surface area contributed by atoms with Gasteiger partial charge < -0.3 is 9.80 Å². The lowest BCUT2D eigenvalue weighted by Gasteiger charge is -2.43. The second-order valence-electron chi connectivity index (χ2n) is 6.07. The van der Waals surface area contributed by atoms with E-state index >= 15 is 0 Å². The normalized spacial score (nSPS) is 24.8. The molecule has 1 unspecified atom stereocenters. The standard InChI is InChI=1S/C16H23N5/c1-19-7-3-5-15(13-19)20-8-10-21(11-9-20)16-6-2-4-14(12-17)18-16/h2,4,6,15H,3,5,7-11,13H2,1H3. The lowest BCUT2D eigenvalue weighted by molar-refractivity contribution is 0.106. The number of nitriles is 1. The van der Waals surface area contributed by atoms with Crippen LogP contribution in [0, 0.1) is 11.3 Å². The molecule has 0 N–H and O–H groups in total. The summed E-state index contributed by atoms with van der Waals surface area (Å²) >= 11 is 0. The van der Waals surface area contributed by atoms with Gasteiger partial charge in [0.05, 0.1) is 0 Å². The zero-order chi connectivity index (χ0) is 14.7. The average Bonchev–Trinajstić information content (AvgIpc) is 2.55. The monoisotopic (exact) mass is 285 g/mol. The summed E-state index contributed by atoms with van der Waals surface area (Å²) < 4.78 is 0. The maximum Gasteiger partial charge on any atom is 0.142 e. The van der Waals surface area contributed by atoms with Gasteiger partial charge in [-0.05, 0) is 38.6 Å². The van der Waals surface area contributed by atoms with Gasteiger partial charge in [0.1, 0.15) is 17.6 Å². The molecule has 2 fully saturated rings. The minimum atomic E-state index is 0.504. The van der Waals surface area contributed by atoms with E-state index in [1.54, 1.807) is 6.07 Å². The molecule has 5 nitrogen and oxygen atoms in total. The fourth-order valence-electron chi connectivity index (χ4n) is 3.42. The molecule has 0 amide bonds. The van der Waals surface area contributed by atoms with Crippen molar-refractivity contribution in [3.05, 3.63) is 23.9 Å². The van der Waals surface area contributed by atoms with Crippen molar-refractivity contribution in [3.63, 3.8) is 0 Å². The molecule has 2 aliphatic rings. The number of hydrogen-bond acceptors (Lipinski definition) is 5. The first-order valence-electron chi connectivity index (χ1n) is 7.81. The third kappa shape index (κ3) is 3.34. The molecule has 0 aromatic carbocycles. The number of likely N-dealkylation sites (N-methyl/N-ethyl adjacent to an activating group) is 1. The molecule has 0 aliphatic carbocycles. The van der Waals surface area contributed by atoms with E-state index in [1.165, 1.54) is 25.9 Å². The summed E-state index contributed by atoms with van der Waals surface area (Å²) in [4.78, 5) is 11.8. The maximum atomic E-state index is 8.95. The van der Waals surface area contributed by atoms with E-state index in [0.717, 1.165) is 32.0 Å². The second-order valence-corrected chi connectivity index (χ2v) is 6.07. The smallest absolute Gasteiger partial charge is 0.142 e. The Balaban J connectivity index is 1.58. The minimum absolute atomic E-state index is 0.504. The van der Waals surface area contributed by atoms with Crippen molar-refractivity contribution >= 4 is 5.82 Å². The van der Waals surface area contributed by atoms with Gasteiger partial charge in [0.2, 0.25) is 0 Å². The molecule has 1 atom stereocenters. The summed E-state index contributed by atoms with van der Waals surface area (Å²) in [6.07, 6.45) is 2.64. The van der Waals surface area contributed by atoms with E-state index in [0.29, 0.717) is 11.7 Å². The molecule has 3 rings (SSSR count). The zero-order valence-electron chi connectivity index (χ0n) is 12.7. The van der Waals surface area contributed by atoms with Crippen LogP contribution < -0.4 is 4.90 Å². The van der Waals surface area contributed by atoms with Crippen molar-refractivity contribution in [1.82, 2.24) is 14.8 Å². The number of rotatable bonds is 2. The lowest BCUT2D eigenvalue weighted by Crippen LogP contribution is -2.54. The van der Waals surface area contributed by atoms with Gasteiger partial charge in [-0.15, -0.1) is 0 Å². The number of anilines is 1. The highest BCUT2D eigenvalue weighted by Gasteiger charge is 2.27. The maximum absolute atomic E-state index is 8.95. The number of likely N-dealkylation sites (tertiary alicyclic amines) is 1. The van der Waals surface area contributed by atoms with Crippen molar-refractivity contribution in [1.29, 1.82) is 5.26 Å². The van der Waals surface area contributed by atoms with Crippen LogP contribution in [0.4, 0.5) is 5.82 Å². The third-order valence-corrected chi connectivity index (χ3v) is 4.60. The van der Waals surface area contributed by atoms with Crippen LogP contribution in [0.2, 0.25) is 0 Å². The van der Waals surface area contributed by atoms with E-state index in [2.05, 4.69) is 32.8 Å². The van der Waals surface area contributed by atoms with Gasteiger partial charge in [-0.3, -0.25) is 4.90 Å². The molecule has 0 saturated carbocycles. The minimum Gasteiger partial charge on any atom is -0.354 e. The highest BCUT2D eigenvalue weighted by molar-refractivity contribution is 5.42. The fraction of sp³-hybridized carbons (Fsp3) is 0.625. The fourth-order valence-corrected chi connectivity index (χ4v) is 3.42. The summed E-state index contributed by atoms with van der Waals surface area (Å²) in [7, 11) is 2.22. The Morgan fingerprint density at radius 2 is 2.00 bits per heavy atom. The molecular formula is C16H23N5. The van der Waals surface area contributed by atoms with Gasteiger partial charge in [-0.1, -0.05) is 6.07 Å². The van der Waals surface area contributed by atoms with Crippen LogP contribution in [0.25, 0.3) is 0 Å². The summed E-state index contributed by atoms with van der Waals surface area (Å²) in [5.41, 5.74) is 0.504. The topological polar surface area (TPSA) is 46.4 Å². The largest absolute Gasteiger partial charge is 0.354 e. The van der Waals surface area contributed by atoms with Crippen molar-refractivity contribution < 1.29 is 0 Å². The molecule has 21 heavy (non-hydrogen) atoms. The van der Waals surface area contributed by atoms with E-state index in [1.807, 2.05) is 12.1 Å². The Morgan fingerprint density at radius 1 is 1.19 bits per heavy atom. The summed E-state index contributed by atoms with van der Waals surface area (Å²) in [6, 6.07) is 8.52. The number of piperazine rings is 1. The Bertz CT molecular complexity index is 516. The molecule has 0 radical (unpaired) electrons. The van der Waals surface area contributed by atoms with Gasteiger partial charge in [0, 0.05) is 38.8 Å². The lowest BCUT2D eigenvalue weighted by atomic mass is 10.0. The van der Waals surface area contributed by atoms with E-state index in [-0.39, 0.29) is 0 Å². The Kier molecular flexibility index (Phi) is 4.37. The van der Waals surface area contributed by atoms with Gasteiger partial charge >= 0.3 is 0 Å². The van der Waals surface area contributed by atoms with Crippen LogP contribution in [-0.4, -0.2) is 67.1 Å². The predicted molar refractivity (Wildman–Crippen MR) is 83.3 cm³/mol. The predicted octanol–water partition coefficient (Wildman–Crippen LogP) is 1.17. The Hall–Kier alpha value is -1.64. The van der Waals surface area contributed by atoms with E-state index < -0.39 is 0 Å². The zero-order valence-corrected chi connectivity index (χ0v) is 12.7. The average molecular weight is 285 g/mol.